The van der Waals surface area contributed by atoms with Crippen molar-refractivity contribution in [1.29, 1.82) is 0 Å². The van der Waals surface area contributed by atoms with Crippen molar-refractivity contribution in [3.63, 3.8) is 0 Å². The van der Waals surface area contributed by atoms with Crippen LogP contribution < -0.4 is 0 Å². The normalized spacial score (nSPS) is 27.4. The highest BCUT2D eigenvalue weighted by atomic mass is 16.5. The Morgan fingerprint density at radius 1 is 1.58 bits per heavy atom. The van der Waals surface area contributed by atoms with Crippen LogP contribution in [-0.2, 0) is 11.3 Å². The van der Waals surface area contributed by atoms with Gasteiger partial charge in [-0.1, -0.05) is 6.92 Å². The van der Waals surface area contributed by atoms with Gasteiger partial charge in [-0.15, -0.1) is 0 Å². The van der Waals surface area contributed by atoms with E-state index in [4.69, 9.17) is 4.74 Å². The summed E-state index contributed by atoms with van der Waals surface area (Å²) < 4.78 is 7.58. The second-order valence-corrected chi connectivity index (χ2v) is 5.47. The lowest BCUT2D eigenvalue weighted by molar-refractivity contribution is -0.0344. The molecule has 2 aliphatic rings. The summed E-state index contributed by atoms with van der Waals surface area (Å²) in [5.41, 5.74) is 0.677. The first kappa shape index (κ1) is 12.8. The van der Waals surface area contributed by atoms with E-state index in [1.54, 1.807) is 6.20 Å². The molecular formula is C14H21N3O2. The molecule has 104 valence electrons. The minimum absolute atomic E-state index is 0.0766. The summed E-state index contributed by atoms with van der Waals surface area (Å²) in [7, 11) is 0. The number of Topliss-reactive ketones (excluding diaryl/α,β-unsaturated/α-hetero) is 1. The predicted molar refractivity (Wildman–Crippen MR) is 71.2 cm³/mol. The number of fused-ring (bicyclic) bond motifs is 1. The Morgan fingerprint density at radius 3 is 3.32 bits per heavy atom. The second kappa shape index (κ2) is 5.43. The zero-order chi connectivity index (χ0) is 13.2. The molecule has 5 nitrogen and oxygen atoms in total. The number of morpholine rings is 1. The summed E-state index contributed by atoms with van der Waals surface area (Å²) in [6.07, 6.45) is 6.64. The number of aromatic nitrogens is 2. The molecule has 0 saturated carbocycles. The molecule has 2 saturated heterocycles. The van der Waals surface area contributed by atoms with E-state index in [2.05, 4.69) is 16.9 Å². The molecule has 2 fully saturated rings. The first-order valence-corrected chi connectivity index (χ1v) is 7.20. The maximum Gasteiger partial charge on any atom is 0.196 e. The van der Waals surface area contributed by atoms with E-state index >= 15 is 0 Å². The van der Waals surface area contributed by atoms with Gasteiger partial charge in [-0.3, -0.25) is 14.4 Å². The Balaban J connectivity index is 1.66. The van der Waals surface area contributed by atoms with E-state index in [1.165, 1.54) is 12.8 Å². The summed E-state index contributed by atoms with van der Waals surface area (Å²) in [5, 5.41) is 4.21. The zero-order valence-electron chi connectivity index (χ0n) is 11.4. The molecule has 0 N–H and O–H groups in total. The molecule has 0 aliphatic carbocycles. The quantitative estimate of drug-likeness (QED) is 0.769. The molecule has 2 unspecified atom stereocenters. The van der Waals surface area contributed by atoms with Gasteiger partial charge in [-0.05, 0) is 25.8 Å². The number of carbonyl (C=O) groups excluding carboxylic acids is 1. The van der Waals surface area contributed by atoms with Crippen molar-refractivity contribution in [3.8, 4) is 0 Å². The molecule has 2 atom stereocenters. The minimum atomic E-state index is -0.311. The van der Waals surface area contributed by atoms with Gasteiger partial charge in [0, 0.05) is 25.3 Å². The molecule has 0 amide bonds. The topological polar surface area (TPSA) is 47.4 Å². The number of nitrogens with zero attached hydrogens (tertiary/aromatic N) is 3. The molecule has 2 aliphatic heterocycles. The van der Waals surface area contributed by atoms with Gasteiger partial charge < -0.3 is 4.74 Å². The first-order valence-electron chi connectivity index (χ1n) is 7.20. The maximum absolute atomic E-state index is 12.4. The van der Waals surface area contributed by atoms with E-state index in [0.29, 0.717) is 18.2 Å². The summed E-state index contributed by atoms with van der Waals surface area (Å²) in [6, 6.07) is 0.534. The third kappa shape index (κ3) is 2.58. The van der Waals surface area contributed by atoms with Crippen molar-refractivity contribution in [2.75, 3.05) is 19.7 Å². The fraction of sp³-hybridized carbons (Fsp3) is 0.714. The van der Waals surface area contributed by atoms with Gasteiger partial charge in [0.2, 0.25) is 0 Å². The van der Waals surface area contributed by atoms with E-state index in [1.807, 2.05) is 10.9 Å². The van der Waals surface area contributed by atoms with Gasteiger partial charge in [0.25, 0.3) is 0 Å². The van der Waals surface area contributed by atoms with Gasteiger partial charge in [0.1, 0.15) is 6.10 Å². The lowest BCUT2D eigenvalue weighted by Gasteiger charge is -2.34. The SMILES string of the molecule is CCCn1cc(C(=O)C2CN3CCCC3CO2)cn1. The molecule has 0 aromatic carbocycles. The van der Waals surface area contributed by atoms with Crippen LogP contribution in [0, 0.1) is 0 Å². The Morgan fingerprint density at radius 2 is 2.47 bits per heavy atom. The average Bonchev–Trinajstić information content (AvgIpc) is 3.05. The van der Waals surface area contributed by atoms with Crippen molar-refractivity contribution < 1.29 is 9.53 Å². The Hall–Kier alpha value is -1.20. The molecule has 0 radical (unpaired) electrons. The monoisotopic (exact) mass is 263 g/mol. The summed E-state index contributed by atoms with van der Waals surface area (Å²) >= 11 is 0. The van der Waals surface area contributed by atoms with Crippen LogP contribution in [0.1, 0.15) is 36.5 Å². The molecule has 3 rings (SSSR count). The predicted octanol–water partition coefficient (Wildman–Crippen LogP) is 1.34. The number of hydrogen-bond donors (Lipinski definition) is 0. The Bertz CT molecular complexity index is 457. The van der Waals surface area contributed by atoms with Crippen molar-refractivity contribution in [2.24, 2.45) is 0 Å². The van der Waals surface area contributed by atoms with E-state index < -0.39 is 0 Å². The van der Waals surface area contributed by atoms with Crippen LogP contribution >= 0.6 is 0 Å². The highest BCUT2D eigenvalue weighted by Gasteiger charge is 2.35. The second-order valence-electron chi connectivity index (χ2n) is 5.47. The summed E-state index contributed by atoms with van der Waals surface area (Å²) in [5.74, 6) is 0.0766. The van der Waals surface area contributed by atoms with E-state index in [0.717, 1.165) is 26.1 Å². The molecule has 19 heavy (non-hydrogen) atoms. The number of carbonyl (C=O) groups is 1. The third-order valence-electron chi connectivity index (χ3n) is 4.05. The van der Waals surface area contributed by atoms with Crippen molar-refractivity contribution in [2.45, 2.75) is 44.9 Å². The van der Waals surface area contributed by atoms with Crippen molar-refractivity contribution >= 4 is 5.78 Å². The Labute approximate surface area is 113 Å². The standard InChI is InChI=1S/C14H21N3O2/c1-2-5-17-8-11(7-15-17)14(18)13-9-16-6-3-4-12(16)10-19-13/h7-8,12-13H,2-6,9-10H2,1H3. The van der Waals surface area contributed by atoms with Gasteiger partial charge in [0.05, 0.1) is 18.4 Å². The zero-order valence-corrected chi connectivity index (χ0v) is 11.4. The molecule has 0 spiro atoms. The fourth-order valence-corrected chi connectivity index (χ4v) is 3.00. The maximum atomic E-state index is 12.4. The van der Waals surface area contributed by atoms with Crippen LogP contribution in [0.3, 0.4) is 0 Å². The van der Waals surface area contributed by atoms with Crippen LogP contribution in [0.25, 0.3) is 0 Å². The molecule has 5 heteroatoms. The molecule has 3 heterocycles. The van der Waals surface area contributed by atoms with Crippen molar-refractivity contribution in [3.05, 3.63) is 18.0 Å². The van der Waals surface area contributed by atoms with E-state index in [9.17, 15) is 4.79 Å². The van der Waals surface area contributed by atoms with E-state index in [-0.39, 0.29) is 11.9 Å². The van der Waals surface area contributed by atoms with Gasteiger partial charge in [-0.2, -0.15) is 5.10 Å². The number of ether oxygens (including phenoxy) is 1. The lowest BCUT2D eigenvalue weighted by Crippen LogP contribution is -2.49. The highest BCUT2D eigenvalue weighted by Crippen LogP contribution is 2.24. The molecule has 0 bridgehead atoms. The summed E-state index contributed by atoms with van der Waals surface area (Å²) in [6.45, 7) is 5.49. The molecular weight excluding hydrogens is 242 g/mol. The molecule has 1 aromatic heterocycles. The van der Waals surface area contributed by atoms with Gasteiger partial charge in [0.15, 0.2) is 5.78 Å². The minimum Gasteiger partial charge on any atom is -0.367 e. The number of rotatable bonds is 4. The van der Waals surface area contributed by atoms with Gasteiger partial charge in [-0.25, -0.2) is 0 Å². The fourth-order valence-electron chi connectivity index (χ4n) is 3.00. The smallest absolute Gasteiger partial charge is 0.196 e. The lowest BCUT2D eigenvalue weighted by atomic mass is 10.1. The van der Waals surface area contributed by atoms with Crippen LogP contribution in [0.2, 0.25) is 0 Å². The summed E-state index contributed by atoms with van der Waals surface area (Å²) in [4.78, 5) is 14.8. The van der Waals surface area contributed by atoms with Gasteiger partial charge >= 0.3 is 0 Å². The Kier molecular flexibility index (Phi) is 3.66. The van der Waals surface area contributed by atoms with Crippen molar-refractivity contribution in [1.82, 2.24) is 14.7 Å². The number of hydrogen-bond acceptors (Lipinski definition) is 4. The first-order chi connectivity index (χ1) is 9.28. The largest absolute Gasteiger partial charge is 0.367 e. The van der Waals surface area contributed by atoms with Crippen LogP contribution in [0.15, 0.2) is 12.4 Å². The molecule has 1 aromatic rings. The van der Waals surface area contributed by atoms with Crippen LogP contribution in [0.4, 0.5) is 0 Å². The van der Waals surface area contributed by atoms with Crippen LogP contribution in [0.5, 0.6) is 0 Å². The third-order valence-corrected chi connectivity index (χ3v) is 4.05. The average molecular weight is 263 g/mol. The number of ketones is 1. The highest BCUT2D eigenvalue weighted by molar-refractivity contribution is 5.99. The van der Waals surface area contributed by atoms with Crippen LogP contribution in [-0.4, -0.2) is 52.3 Å². The number of aryl methyl sites for hydroxylation is 1.